The van der Waals surface area contributed by atoms with E-state index < -0.39 is 0 Å². The van der Waals surface area contributed by atoms with E-state index in [1.165, 1.54) is 17.8 Å². The molecule has 1 aromatic rings. The van der Waals surface area contributed by atoms with Crippen LogP contribution in [0.1, 0.15) is 29.1 Å². The molecule has 0 aliphatic heterocycles. The van der Waals surface area contributed by atoms with E-state index >= 15 is 0 Å². The summed E-state index contributed by atoms with van der Waals surface area (Å²) < 4.78 is 0. The maximum Gasteiger partial charge on any atom is 0.194 e. The molecule has 0 saturated heterocycles. The van der Waals surface area contributed by atoms with Gasteiger partial charge in [-0.05, 0) is 12.8 Å². The third-order valence-electron chi connectivity index (χ3n) is 2.12. The van der Waals surface area contributed by atoms with Crippen molar-refractivity contribution in [3.05, 3.63) is 16.6 Å². The molecule has 0 atom stereocenters. The minimum atomic E-state index is 0.256. The van der Waals surface area contributed by atoms with Crippen LogP contribution in [0.15, 0.2) is 11.6 Å². The summed E-state index contributed by atoms with van der Waals surface area (Å²) >= 11 is 1.45. The van der Waals surface area contributed by atoms with Gasteiger partial charge >= 0.3 is 0 Å². The fourth-order valence-corrected chi connectivity index (χ4v) is 1.85. The van der Waals surface area contributed by atoms with Crippen LogP contribution < -0.4 is 0 Å². The average Bonchev–Trinajstić information content (AvgIpc) is 2.32. The van der Waals surface area contributed by atoms with Gasteiger partial charge in [0.05, 0.1) is 0 Å². The van der Waals surface area contributed by atoms with Crippen LogP contribution in [0.5, 0.6) is 0 Å². The molecule has 1 aliphatic rings. The third kappa shape index (κ3) is 1.20. The Kier molecular flexibility index (Phi) is 1.74. The largest absolute Gasteiger partial charge is 0.291 e. The summed E-state index contributed by atoms with van der Waals surface area (Å²) in [6.07, 6.45) is 5.04. The van der Waals surface area contributed by atoms with E-state index in [0.29, 0.717) is 10.9 Å². The van der Waals surface area contributed by atoms with Crippen molar-refractivity contribution in [2.75, 3.05) is 0 Å². The number of carbonyl (C=O) groups is 1. The predicted octanol–water partition coefficient (Wildman–Crippen LogP) is 2.13. The van der Waals surface area contributed by atoms with E-state index in [1.54, 1.807) is 6.20 Å². The van der Waals surface area contributed by atoms with Gasteiger partial charge in [0.2, 0.25) is 0 Å². The zero-order valence-electron chi connectivity index (χ0n) is 6.12. The second-order valence-electron chi connectivity index (χ2n) is 2.83. The SMILES string of the molecule is O=C(c1nccs1)C1CCC1. The van der Waals surface area contributed by atoms with Crippen molar-refractivity contribution in [2.24, 2.45) is 5.92 Å². The fourth-order valence-electron chi connectivity index (χ4n) is 1.19. The van der Waals surface area contributed by atoms with Gasteiger partial charge in [-0.25, -0.2) is 4.98 Å². The van der Waals surface area contributed by atoms with Gasteiger partial charge in [-0.1, -0.05) is 6.42 Å². The second-order valence-corrected chi connectivity index (χ2v) is 3.72. The van der Waals surface area contributed by atoms with Crippen LogP contribution in [0.4, 0.5) is 0 Å². The summed E-state index contributed by atoms with van der Waals surface area (Å²) in [6.45, 7) is 0. The van der Waals surface area contributed by atoms with Crippen LogP contribution in [0.25, 0.3) is 0 Å². The zero-order valence-corrected chi connectivity index (χ0v) is 6.93. The molecule has 1 heterocycles. The number of ketones is 1. The van der Waals surface area contributed by atoms with Crippen LogP contribution in [-0.2, 0) is 0 Å². The molecule has 1 aliphatic carbocycles. The number of aromatic nitrogens is 1. The predicted molar refractivity (Wildman–Crippen MR) is 43.8 cm³/mol. The minimum absolute atomic E-state index is 0.256. The molecule has 0 bridgehead atoms. The first kappa shape index (κ1) is 6.98. The van der Waals surface area contributed by atoms with Gasteiger partial charge in [0, 0.05) is 17.5 Å². The standard InChI is InChI=1S/C8H9NOS/c10-7(6-2-1-3-6)8-9-4-5-11-8/h4-6H,1-3H2. The average molecular weight is 167 g/mol. The molecule has 0 aromatic carbocycles. The number of nitrogens with zero attached hydrogens (tertiary/aromatic N) is 1. The highest BCUT2D eigenvalue weighted by atomic mass is 32.1. The molecule has 58 valence electrons. The summed E-state index contributed by atoms with van der Waals surface area (Å²) in [7, 11) is 0. The summed E-state index contributed by atoms with van der Waals surface area (Å²) in [5, 5.41) is 2.54. The first-order valence-corrected chi connectivity index (χ1v) is 4.69. The normalized spacial score (nSPS) is 17.8. The lowest BCUT2D eigenvalue weighted by atomic mass is 9.82. The molecule has 0 spiro atoms. The molecule has 0 amide bonds. The Hall–Kier alpha value is -0.700. The summed E-state index contributed by atoms with van der Waals surface area (Å²) in [5.41, 5.74) is 0. The topological polar surface area (TPSA) is 30.0 Å². The molecule has 0 radical (unpaired) electrons. The molecule has 0 unspecified atom stereocenters. The Labute approximate surface area is 69.3 Å². The van der Waals surface area contributed by atoms with Gasteiger partial charge in [0.25, 0.3) is 0 Å². The fraction of sp³-hybridized carbons (Fsp3) is 0.500. The van der Waals surface area contributed by atoms with E-state index in [4.69, 9.17) is 0 Å². The van der Waals surface area contributed by atoms with Gasteiger partial charge in [-0.3, -0.25) is 4.79 Å². The number of hydrogen-bond donors (Lipinski definition) is 0. The van der Waals surface area contributed by atoms with Crippen LogP contribution in [-0.4, -0.2) is 10.8 Å². The molecular formula is C8H9NOS. The van der Waals surface area contributed by atoms with E-state index in [0.717, 1.165) is 12.8 Å². The Morgan fingerprint density at radius 3 is 2.91 bits per heavy atom. The highest BCUT2D eigenvalue weighted by Crippen LogP contribution is 2.30. The first-order chi connectivity index (χ1) is 5.38. The number of Topliss-reactive ketones (excluding diaryl/α,β-unsaturated/α-hetero) is 1. The molecule has 3 heteroatoms. The molecule has 1 fully saturated rings. The lowest BCUT2D eigenvalue weighted by Crippen LogP contribution is -2.21. The van der Waals surface area contributed by atoms with Crippen molar-refractivity contribution in [3.63, 3.8) is 0 Å². The molecule has 2 rings (SSSR count). The van der Waals surface area contributed by atoms with Gasteiger partial charge in [0.1, 0.15) is 0 Å². The quantitative estimate of drug-likeness (QED) is 0.631. The van der Waals surface area contributed by atoms with E-state index in [-0.39, 0.29) is 5.78 Å². The number of hydrogen-bond acceptors (Lipinski definition) is 3. The number of thiazole rings is 1. The smallest absolute Gasteiger partial charge is 0.194 e. The molecule has 1 saturated carbocycles. The Morgan fingerprint density at radius 1 is 1.64 bits per heavy atom. The Bertz CT molecular complexity index is 251. The van der Waals surface area contributed by atoms with Gasteiger partial charge in [-0.15, -0.1) is 11.3 Å². The van der Waals surface area contributed by atoms with E-state index in [1.807, 2.05) is 5.38 Å². The van der Waals surface area contributed by atoms with Gasteiger partial charge < -0.3 is 0 Å². The van der Waals surface area contributed by atoms with E-state index in [9.17, 15) is 4.79 Å². The maximum absolute atomic E-state index is 11.4. The monoisotopic (exact) mass is 167 g/mol. The number of carbonyl (C=O) groups excluding carboxylic acids is 1. The second kappa shape index (κ2) is 2.74. The van der Waals surface area contributed by atoms with Crippen molar-refractivity contribution in [1.82, 2.24) is 4.98 Å². The Balaban J connectivity index is 2.10. The highest BCUT2D eigenvalue weighted by Gasteiger charge is 2.27. The summed E-state index contributed by atoms with van der Waals surface area (Å²) in [4.78, 5) is 15.4. The molecular weight excluding hydrogens is 158 g/mol. The summed E-state index contributed by atoms with van der Waals surface area (Å²) in [6, 6.07) is 0. The Morgan fingerprint density at radius 2 is 2.45 bits per heavy atom. The lowest BCUT2D eigenvalue weighted by molar-refractivity contribution is 0.0855. The van der Waals surface area contributed by atoms with Crippen LogP contribution in [0, 0.1) is 5.92 Å². The van der Waals surface area contributed by atoms with Crippen molar-refractivity contribution >= 4 is 17.1 Å². The van der Waals surface area contributed by atoms with Crippen molar-refractivity contribution < 1.29 is 4.79 Å². The van der Waals surface area contributed by atoms with Crippen molar-refractivity contribution in [2.45, 2.75) is 19.3 Å². The maximum atomic E-state index is 11.4. The molecule has 1 aromatic heterocycles. The third-order valence-corrected chi connectivity index (χ3v) is 2.91. The van der Waals surface area contributed by atoms with Gasteiger partial charge in [-0.2, -0.15) is 0 Å². The molecule has 11 heavy (non-hydrogen) atoms. The van der Waals surface area contributed by atoms with Crippen LogP contribution >= 0.6 is 11.3 Å². The van der Waals surface area contributed by atoms with E-state index in [2.05, 4.69) is 4.98 Å². The molecule has 2 nitrogen and oxygen atoms in total. The number of rotatable bonds is 2. The summed E-state index contributed by atoms with van der Waals surface area (Å²) in [5.74, 6) is 0.549. The van der Waals surface area contributed by atoms with Crippen molar-refractivity contribution in [1.29, 1.82) is 0 Å². The van der Waals surface area contributed by atoms with Crippen molar-refractivity contribution in [3.8, 4) is 0 Å². The first-order valence-electron chi connectivity index (χ1n) is 3.81. The zero-order chi connectivity index (χ0) is 7.68. The highest BCUT2D eigenvalue weighted by molar-refractivity contribution is 7.11. The van der Waals surface area contributed by atoms with Crippen LogP contribution in [0.3, 0.4) is 0 Å². The van der Waals surface area contributed by atoms with Crippen LogP contribution in [0.2, 0.25) is 0 Å². The lowest BCUT2D eigenvalue weighted by Gasteiger charge is -2.22. The minimum Gasteiger partial charge on any atom is -0.291 e. The molecule has 0 N–H and O–H groups in total. The van der Waals surface area contributed by atoms with Gasteiger partial charge in [0.15, 0.2) is 10.8 Å².